The number of piperidine rings is 1. The maximum absolute atomic E-state index is 12.4. The Balaban J connectivity index is 2.17. The predicted molar refractivity (Wildman–Crippen MR) is 77.5 cm³/mol. The lowest BCUT2D eigenvalue weighted by Gasteiger charge is -2.39. The number of rotatable bonds is 3. The van der Waals surface area contributed by atoms with Gasteiger partial charge >= 0.3 is 5.97 Å². The number of hydrogen-bond donors (Lipinski definition) is 1. The summed E-state index contributed by atoms with van der Waals surface area (Å²) in [5.41, 5.74) is -0.143. The predicted octanol–water partition coefficient (Wildman–Crippen LogP) is 3.23. The van der Waals surface area contributed by atoms with Gasteiger partial charge in [0.1, 0.15) is 0 Å². The van der Waals surface area contributed by atoms with Crippen LogP contribution >= 0.6 is 27.3 Å². The fourth-order valence-electron chi connectivity index (χ4n) is 2.52. The molecule has 2 rings (SSSR count). The van der Waals surface area contributed by atoms with Crippen LogP contribution in [0.2, 0.25) is 0 Å². The van der Waals surface area contributed by atoms with Gasteiger partial charge in [0.05, 0.1) is 14.8 Å². The van der Waals surface area contributed by atoms with Gasteiger partial charge in [-0.3, -0.25) is 9.59 Å². The van der Waals surface area contributed by atoms with Crippen molar-refractivity contribution in [3.8, 4) is 0 Å². The van der Waals surface area contributed by atoms with Gasteiger partial charge in [-0.2, -0.15) is 0 Å². The van der Waals surface area contributed by atoms with Gasteiger partial charge in [0.25, 0.3) is 5.91 Å². The van der Waals surface area contributed by atoms with Crippen LogP contribution in [0.25, 0.3) is 0 Å². The first-order chi connectivity index (χ1) is 8.98. The molecule has 0 bridgehead atoms. The summed E-state index contributed by atoms with van der Waals surface area (Å²) in [6.07, 6.45) is 1.95. The highest BCUT2D eigenvalue weighted by molar-refractivity contribution is 9.11. The molecule has 1 fully saturated rings. The number of carboxylic acid groups (broad SMARTS) is 1. The van der Waals surface area contributed by atoms with Crippen LogP contribution in [0.5, 0.6) is 0 Å². The van der Waals surface area contributed by atoms with Crippen molar-refractivity contribution >= 4 is 39.1 Å². The first-order valence-electron chi connectivity index (χ1n) is 6.25. The largest absolute Gasteiger partial charge is 0.481 e. The Morgan fingerprint density at radius 1 is 1.58 bits per heavy atom. The van der Waals surface area contributed by atoms with E-state index in [-0.39, 0.29) is 5.91 Å². The number of carboxylic acids is 1. The van der Waals surface area contributed by atoms with Crippen LogP contribution in [0.4, 0.5) is 0 Å². The molecular weight excluding hydrogens is 330 g/mol. The number of halogens is 1. The number of likely N-dealkylation sites (tertiary alicyclic amines) is 1. The number of carbonyl (C=O) groups excluding carboxylic acids is 1. The van der Waals surface area contributed by atoms with Crippen LogP contribution in [0, 0.1) is 5.41 Å². The van der Waals surface area contributed by atoms with Gasteiger partial charge in [-0.25, -0.2) is 0 Å². The summed E-state index contributed by atoms with van der Waals surface area (Å²) < 4.78 is 0.910. The van der Waals surface area contributed by atoms with Gasteiger partial charge in [-0.15, -0.1) is 11.3 Å². The molecule has 6 heteroatoms. The summed E-state index contributed by atoms with van der Waals surface area (Å²) in [7, 11) is 0. The van der Waals surface area contributed by atoms with E-state index in [1.807, 2.05) is 6.92 Å². The van der Waals surface area contributed by atoms with Gasteiger partial charge in [-0.05, 0) is 41.3 Å². The average Bonchev–Trinajstić information content (AvgIpc) is 2.84. The molecule has 1 saturated heterocycles. The van der Waals surface area contributed by atoms with Crippen molar-refractivity contribution in [1.82, 2.24) is 4.90 Å². The highest BCUT2D eigenvalue weighted by atomic mass is 79.9. The average molecular weight is 346 g/mol. The first-order valence-corrected chi connectivity index (χ1v) is 7.92. The van der Waals surface area contributed by atoms with Crippen molar-refractivity contribution in [3.05, 3.63) is 20.8 Å². The molecule has 1 aromatic rings. The molecule has 0 aliphatic carbocycles. The number of aliphatic carboxylic acids is 1. The van der Waals surface area contributed by atoms with E-state index >= 15 is 0 Å². The van der Waals surface area contributed by atoms with E-state index in [2.05, 4.69) is 15.9 Å². The van der Waals surface area contributed by atoms with Crippen molar-refractivity contribution in [2.45, 2.75) is 26.2 Å². The molecule has 1 amide bonds. The molecule has 19 heavy (non-hydrogen) atoms. The Morgan fingerprint density at radius 3 is 2.84 bits per heavy atom. The lowest BCUT2D eigenvalue weighted by atomic mass is 9.77. The van der Waals surface area contributed by atoms with Crippen LogP contribution in [0.3, 0.4) is 0 Å². The summed E-state index contributed by atoms with van der Waals surface area (Å²) in [6, 6.07) is 1.79. The minimum absolute atomic E-state index is 0.0688. The zero-order valence-electron chi connectivity index (χ0n) is 10.7. The Hall–Kier alpha value is -0.880. The number of nitrogens with zero attached hydrogens (tertiary/aromatic N) is 1. The highest BCUT2D eigenvalue weighted by Gasteiger charge is 2.42. The van der Waals surface area contributed by atoms with Gasteiger partial charge < -0.3 is 10.0 Å². The van der Waals surface area contributed by atoms with Gasteiger partial charge in [0.15, 0.2) is 0 Å². The lowest BCUT2D eigenvalue weighted by molar-refractivity contribution is -0.152. The topological polar surface area (TPSA) is 57.6 Å². The molecule has 1 aromatic heterocycles. The molecule has 1 unspecified atom stereocenters. The van der Waals surface area contributed by atoms with Crippen LogP contribution in [-0.4, -0.2) is 35.0 Å². The molecule has 0 saturated carbocycles. The standard InChI is InChI=1S/C13H16BrNO3S/c1-2-13(12(17)18)4-3-5-15(8-13)11(16)9-6-10(14)19-7-9/h6-7H,2-5,8H2,1H3,(H,17,18). The second-order valence-corrected chi connectivity index (χ2v) is 7.20. The molecule has 2 heterocycles. The summed E-state index contributed by atoms with van der Waals surface area (Å²) in [4.78, 5) is 25.5. The van der Waals surface area contributed by atoms with Crippen molar-refractivity contribution < 1.29 is 14.7 Å². The van der Waals surface area contributed by atoms with E-state index in [0.29, 0.717) is 31.5 Å². The second-order valence-electron chi connectivity index (χ2n) is 4.91. The first kappa shape index (κ1) is 14.5. The van der Waals surface area contributed by atoms with Crippen LogP contribution in [-0.2, 0) is 4.79 Å². The molecule has 4 nitrogen and oxygen atoms in total. The number of hydrogen-bond acceptors (Lipinski definition) is 3. The molecule has 1 N–H and O–H groups in total. The van der Waals surface area contributed by atoms with Gasteiger partial charge in [-0.1, -0.05) is 6.92 Å². The monoisotopic (exact) mass is 345 g/mol. The van der Waals surface area contributed by atoms with Gasteiger partial charge in [0.2, 0.25) is 0 Å². The molecule has 0 aromatic carbocycles. The molecule has 1 aliphatic rings. The molecule has 1 atom stereocenters. The number of carbonyl (C=O) groups is 2. The van der Waals surface area contributed by atoms with E-state index in [1.54, 1.807) is 16.3 Å². The van der Waals surface area contributed by atoms with E-state index in [0.717, 1.165) is 10.2 Å². The SMILES string of the molecule is CCC1(C(=O)O)CCCN(C(=O)c2csc(Br)c2)C1. The third-order valence-corrected chi connectivity index (χ3v) is 5.31. The second kappa shape index (κ2) is 5.63. The summed E-state index contributed by atoms with van der Waals surface area (Å²) in [5, 5.41) is 11.2. The Kier molecular flexibility index (Phi) is 4.30. The quantitative estimate of drug-likeness (QED) is 0.914. The van der Waals surface area contributed by atoms with Crippen molar-refractivity contribution in [3.63, 3.8) is 0 Å². The molecule has 0 spiro atoms. The van der Waals surface area contributed by atoms with Gasteiger partial charge in [0, 0.05) is 18.5 Å². The third-order valence-electron chi connectivity index (χ3n) is 3.81. The minimum atomic E-state index is -0.793. The third kappa shape index (κ3) is 2.84. The van der Waals surface area contributed by atoms with Crippen molar-refractivity contribution in [2.24, 2.45) is 5.41 Å². The van der Waals surface area contributed by atoms with Crippen LogP contribution < -0.4 is 0 Å². The van der Waals surface area contributed by atoms with E-state index in [1.165, 1.54) is 11.3 Å². The van der Waals surface area contributed by atoms with E-state index in [9.17, 15) is 14.7 Å². The fourth-order valence-corrected chi connectivity index (χ4v) is 3.65. The van der Waals surface area contributed by atoms with Crippen molar-refractivity contribution in [1.29, 1.82) is 0 Å². The fraction of sp³-hybridized carbons (Fsp3) is 0.538. The van der Waals surface area contributed by atoms with E-state index in [4.69, 9.17) is 0 Å². The maximum atomic E-state index is 12.4. The van der Waals surface area contributed by atoms with E-state index < -0.39 is 11.4 Å². The Labute approximate surface area is 124 Å². The molecule has 104 valence electrons. The van der Waals surface area contributed by atoms with Crippen molar-refractivity contribution in [2.75, 3.05) is 13.1 Å². The highest BCUT2D eigenvalue weighted by Crippen LogP contribution is 2.34. The minimum Gasteiger partial charge on any atom is -0.481 e. The summed E-state index contributed by atoms with van der Waals surface area (Å²) >= 11 is 4.80. The summed E-state index contributed by atoms with van der Waals surface area (Å²) in [6.45, 7) is 2.83. The molecule has 0 radical (unpaired) electrons. The summed E-state index contributed by atoms with van der Waals surface area (Å²) in [5.74, 6) is -0.861. The van der Waals surface area contributed by atoms with Crippen LogP contribution in [0.15, 0.2) is 15.2 Å². The molecular formula is C13H16BrNO3S. The number of amides is 1. The normalized spacial score (nSPS) is 23.4. The Bertz CT molecular complexity index is 502. The zero-order chi connectivity index (χ0) is 14.0. The Morgan fingerprint density at radius 2 is 2.32 bits per heavy atom. The lowest BCUT2D eigenvalue weighted by Crippen LogP contribution is -2.49. The smallest absolute Gasteiger partial charge is 0.311 e. The zero-order valence-corrected chi connectivity index (χ0v) is 13.1. The maximum Gasteiger partial charge on any atom is 0.311 e. The molecule has 1 aliphatic heterocycles. The number of thiophene rings is 1. The van der Waals surface area contributed by atoms with Crippen LogP contribution in [0.1, 0.15) is 36.5 Å².